The molecule has 2 aliphatic rings. The van der Waals surface area contributed by atoms with E-state index in [1.165, 1.54) is 5.69 Å². The number of nitrogens with one attached hydrogen (secondary N) is 2. The van der Waals surface area contributed by atoms with Crippen molar-refractivity contribution in [2.24, 2.45) is 0 Å². The van der Waals surface area contributed by atoms with E-state index in [-0.39, 0.29) is 11.7 Å². The Balaban J connectivity index is 1.41. The zero-order valence-corrected chi connectivity index (χ0v) is 16.3. The van der Waals surface area contributed by atoms with Crippen LogP contribution in [0.25, 0.3) is 11.0 Å². The van der Waals surface area contributed by atoms with E-state index in [9.17, 15) is 4.79 Å². The van der Waals surface area contributed by atoms with Crippen LogP contribution in [0.2, 0.25) is 0 Å². The molecule has 150 valence electrons. The summed E-state index contributed by atoms with van der Waals surface area (Å²) in [5.74, 6) is 0.491. The molecule has 1 aliphatic heterocycles. The summed E-state index contributed by atoms with van der Waals surface area (Å²) >= 11 is 0. The lowest BCUT2D eigenvalue weighted by Gasteiger charge is -2.29. The predicted molar refractivity (Wildman–Crippen MR) is 114 cm³/mol. The van der Waals surface area contributed by atoms with E-state index in [0.717, 1.165) is 62.9 Å². The molecular formula is C21H25N7O. The lowest BCUT2D eigenvalue weighted by molar-refractivity contribution is 0.506. The molecule has 0 atom stereocenters. The van der Waals surface area contributed by atoms with Crippen LogP contribution < -0.4 is 21.2 Å². The highest BCUT2D eigenvalue weighted by atomic mass is 16.1. The Morgan fingerprint density at radius 3 is 2.48 bits per heavy atom. The molecule has 0 radical (unpaired) electrons. The third-order valence-electron chi connectivity index (χ3n) is 5.84. The van der Waals surface area contributed by atoms with E-state index < -0.39 is 0 Å². The number of benzene rings is 1. The molecule has 1 saturated heterocycles. The number of hydrogen-bond acceptors (Lipinski definition) is 7. The van der Waals surface area contributed by atoms with Gasteiger partial charge in [-0.2, -0.15) is 4.98 Å². The number of piperazine rings is 1. The minimum atomic E-state index is -0.227. The number of rotatable bonds is 4. The fraction of sp³-hybridized carbons (Fsp3) is 0.429. The van der Waals surface area contributed by atoms with Crippen LogP contribution in [-0.2, 0) is 0 Å². The predicted octanol–water partition coefficient (Wildman–Crippen LogP) is 2.45. The lowest BCUT2D eigenvalue weighted by Crippen LogP contribution is -2.43. The molecule has 5 rings (SSSR count). The molecule has 0 unspecified atom stereocenters. The topological polar surface area (TPSA) is 88.0 Å². The van der Waals surface area contributed by atoms with Gasteiger partial charge in [-0.3, -0.25) is 4.57 Å². The molecule has 8 nitrogen and oxygen atoms in total. The second-order valence-electron chi connectivity index (χ2n) is 7.73. The van der Waals surface area contributed by atoms with Crippen LogP contribution in [0.15, 0.2) is 41.5 Å². The maximum Gasteiger partial charge on any atom is 0.349 e. The van der Waals surface area contributed by atoms with Gasteiger partial charge >= 0.3 is 5.69 Å². The van der Waals surface area contributed by atoms with Crippen molar-refractivity contribution in [3.63, 3.8) is 0 Å². The molecule has 1 aromatic carbocycles. The zero-order valence-electron chi connectivity index (χ0n) is 16.3. The lowest BCUT2D eigenvalue weighted by atomic mass is 10.2. The quantitative estimate of drug-likeness (QED) is 0.706. The van der Waals surface area contributed by atoms with Gasteiger partial charge in [0.2, 0.25) is 5.95 Å². The van der Waals surface area contributed by atoms with Crippen LogP contribution in [-0.4, -0.2) is 45.7 Å². The van der Waals surface area contributed by atoms with Gasteiger partial charge in [-0.15, -0.1) is 0 Å². The standard InChI is InChI=1S/C21H25N7O/c29-21-24-14-15-13-23-20(26-19(15)28(21)18-3-1-2-4-18)25-16-5-7-17(8-6-16)27-11-9-22-10-12-27/h5-8,13-14,18,22H,1-4,9-12H2,(H,23,25,26). The first kappa shape index (κ1) is 18.1. The van der Waals surface area contributed by atoms with Gasteiger partial charge in [0, 0.05) is 56.0 Å². The number of hydrogen-bond donors (Lipinski definition) is 2. The highest BCUT2D eigenvalue weighted by Gasteiger charge is 2.21. The molecule has 0 bridgehead atoms. The molecule has 2 fully saturated rings. The van der Waals surface area contributed by atoms with E-state index in [1.54, 1.807) is 17.0 Å². The first-order valence-electron chi connectivity index (χ1n) is 10.3. The molecule has 2 aromatic heterocycles. The fourth-order valence-electron chi connectivity index (χ4n) is 4.30. The normalized spacial score (nSPS) is 17.7. The molecule has 1 aliphatic carbocycles. The Bertz CT molecular complexity index is 1050. The maximum absolute atomic E-state index is 12.4. The van der Waals surface area contributed by atoms with Crippen molar-refractivity contribution >= 4 is 28.4 Å². The van der Waals surface area contributed by atoms with E-state index in [1.807, 2.05) is 12.1 Å². The highest BCUT2D eigenvalue weighted by molar-refractivity contribution is 5.75. The summed E-state index contributed by atoms with van der Waals surface area (Å²) in [5, 5.41) is 7.44. The summed E-state index contributed by atoms with van der Waals surface area (Å²) in [7, 11) is 0. The van der Waals surface area contributed by atoms with Gasteiger partial charge < -0.3 is 15.5 Å². The molecule has 1 saturated carbocycles. The van der Waals surface area contributed by atoms with E-state index in [4.69, 9.17) is 0 Å². The van der Waals surface area contributed by atoms with Crippen LogP contribution in [0.3, 0.4) is 0 Å². The average Bonchev–Trinajstić information content (AvgIpc) is 3.29. The molecule has 0 spiro atoms. The molecule has 3 heterocycles. The summed E-state index contributed by atoms with van der Waals surface area (Å²) in [6.07, 6.45) is 7.58. The Hall–Kier alpha value is -3.00. The molecular weight excluding hydrogens is 366 g/mol. The van der Waals surface area contributed by atoms with Crippen molar-refractivity contribution in [3.8, 4) is 0 Å². The van der Waals surface area contributed by atoms with E-state index in [2.05, 4.69) is 42.6 Å². The summed E-state index contributed by atoms with van der Waals surface area (Å²) in [6, 6.07) is 8.50. The van der Waals surface area contributed by atoms with Crippen LogP contribution in [0.5, 0.6) is 0 Å². The minimum Gasteiger partial charge on any atom is -0.369 e. The first-order chi connectivity index (χ1) is 14.3. The van der Waals surface area contributed by atoms with Crippen molar-refractivity contribution < 1.29 is 0 Å². The average molecular weight is 391 g/mol. The number of fused-ring (bicyclic) bond motifs is 1. The minimum absolute atomic E-state index is 0.180. The van der Waals surface area contributed by atoms with Gasteiger partial charge in [0.05, 0.1) is 5.39 Å². The molecule has 3 aromatic rings. The number of anilines is 3. The summed E-state index contributed by atoms with van der Waals surface area (Å²) in [5.41, 5.74) is 2.57. The first-order valence-corrected chi connectivity index (χ1v) is 10.3. The molecule has 2 N–H and O–H groups in total. The third kappa shape index (κ3) is 3.67. The zero-order chi connectivity index (χ0) is 19.6. The Kier molecular flexibility index (Phi) is 4.85. The number of nitrogens with zero attached hydrogens (tertiary/aromatic N) is 5. The largest absolute Gasteiger partial charge is 0.369 e. The van der Waals surface area contributed by atoms with Crippen LogP contribution in [0.4, 0.5) is 17.3 Å². The SMILES string of the molecule is O=c1ncc2cnc(Nc3ccc(N4CCNCC4)cc3)nc2n1C1CCCC1. The Morgan fingerprint density at radius 2 is 1.72 bits per heavy atom. The summed E-state index contributed by atoms with van der Waals surface area (Å²) < 4.78 is 1.75. The smallest absolute Gasteiger partial charge is 0.349 e. The van der Waals surface area contributed by atoms with Gasteiger partial charge in [0.25, 0.3) is 0 Å². The van der Waals surface area contributed by atoms with Gasteiger partial charge in [-0.05, 0) is 37.1 Å². The monoisotopic (exact) mass is 391 g/mol. The summed E-state index contributed by atoms with van der Waals surface area (Å²) in [4.78, 5) is 27.9. The van der Waals surface area contributed by atoms with Crippen LogP contribution in [0, 0.1) is 0 Å². The van der Waals surface area contributed by atoms with E-state index >= 15 is 0 Å². The van der Waals surface area contributed by atoms with Crippen molar-refractivity contribution in [2.75, 3.05) is 36.4 Å². The van der Waals surface area contributed by atoms with E-state index in [0.29, 0.717) is 11.6 Å². The van der Waals surface area contributed by atoms with Gasteiger partial charge in [0.1, 0.15) is 0 Å². The van der Waals surface area contributed by atoms with Crippen LogP contribution in [0.1, 0.15) is 31.7 Å². The second kappa shape index (κ2) is 7.79. The molecule has 0 amide bonds. The fourth-order valence-corrected chi connectivity index (χ4v) is 4.30. The van der Waals surface area contributed by atoms with Gasteiger partial charge in [0.15, 0.2) is 5.65 Å². The van der Waals surface area contributed by atoms with Crippen molar-refractivity contribution in [1.29, 1.82) is 0 Å². The highest BCUT2D eigenvalue weighted by Crippen LogP contribution is 2.30. The van der Waals surface area contributed by atoms with Crippen molar-refractivity contribution in [2.45, 2.75) is 31.7 Å². The Morgan fingerprint density at radius 1 is 1.00 bits per heavy atom. The maximum atomic E-state index is 12.4. The van der Waals surface area contributed by atoms with Gasteiger partial charge in [-0.1, -0.05) is 12.8 Å². The molecule has 8 heteroatoms. The second-order valence-corrected chi connectivity index (χ2v) is 7.73. The summed E-state index contributed by atoms with van der Waals surface area (Å²) in [6.45, 7) is 4.07. The third-order valence-corrected chi connectivity index (χ3v) is 5.84. The van der Waals surface area contributed by atoms with Crippen molar-refractivity contribution in [3.05, 3.63) is 47.1 Å². The van der Waals surface area contributed by atoms with Gasteiger partial charge in [-0.25, -0.2) is 14.8 Å². The Labute approximate surface area is 169 Å². The van der Waals surface area contributed by atoms with Crippen LogP contribution >= 0.6 is 0 Å². The van der Waals surface area contributed by atoms with Crippen molar-refractivity contribution in [1.82, 2.24) is 24.8 Å². The number of aromatic nitrogens is 4. The molecule has 29 heavy (non-hydrogen) atoms.